The number of carbonyl (C=O) groups excluding carboxylic acids is 2. The van der Waals surface area contributed by atoms with Gasteiger partial charge < -0.3 is 10.1 Å². The van der Waals surface area contributed by atoms with E-state index < -0.39 is 29.0 Å². The third-order valence-corrected chi connectivity index (χ3v) is 5.03. The molecule has 3 aromatic rings. The first-order chi connectivity index (χ1) is 14.7. The molecule has 0 saturated carbocycles. The Morgan fingerprint density at radius 3 is 2.19 bits per heavy atom. The zero-order valence-corrected chi connectivity index (χ0v) is 17.6. The minimum Gasteiger partial charge on any atom is -0.443 e. The van der Waals surface area contributed by atoms with Crippen molar-refractivity contribution in [1.82, 2.24) is 0 Å². The van der Waals surface area contributed by atoms with Crippen LogP contribution in [0.4, 0.5) is 20.6 Å². The van der Waals surface area contributed by atoms with E-state index >= 15 is 0 Å². The van der Waals surface area contributed by atoms with Crippen molar-refractivity contribution in [2.24, 2.45) is 0 Å². The van der Waals surface area contributed by atoms with Gasteiger partial charge in [-0.15, -0.1) is 0 Å². The van der Waals surface area contributed by atoms with Gasteiger partial charge in [0.05, 0.1) is 5.69 Å². The predicted molar refractivity (Wildman–Crippen MR) is 117 cm³/mol. The van der Waals surface area contributed by atoms with Gasteiger partial charge in [0, 0.05) is 11.3 Å². The summed E-state index contributed by atoms with van der Waals surface area (Å²) in [5.74, 6) is -0.931. The number of benzene rings is 3. The standard InChI is InChI=1S/C25H23FN2O3/c1-24(2,3)31-23(30)28-21-12-8-7-11-20(21)25(22(28)29,17-13-15-18(26)16-14-17)27-19-9-5-4-6-10-19/h4-16,27H,1-3H3/t25-/m1/s1. The Morgan fingerprint density at radius 2 is 1.55 bits per heavy atom. The van der Waals surface area contributed by atoms with Gasteiger partial charge in [0.2, 0.25) is 0 Å². The maximum absolute atomic E-state index is 14.0. The van der Waals surface area contributed by atoms with Crippen LogP contribution in [-0.2, 0) is 15.1 Å². The molecule has 0 aliphatic carbocycles. The average molecular weight is 418 g/mol. The summed E-state index contributed by atoms with van der Waals surface area (Å²) >= 11 is 0. The average Bonchev–Trinajstić information content (AvgIpc) is 2.97. The fourth-order valence-electron chi connectivity index (χ4n) is 3.78. The van der Waals surface area contributed by atoms with Crippen LogP contribution < -0.4 is 10.2 Å². The van der Waals surface area contributed by atoms with Crippen molar-refractivity contribution in [3.63, 3.8) is 0 Å². The smallest absolute Gasteiger partial charge is 0.421 e. The highest BCUT2D eigenvalue weighted by Gasteiger charge is 2.55. The highest BCUT2D eigenvalue weighted by Crippen LogP contribution is 2.47. The second kappa shape index (κ2) is 7.54. The van der Waals surface area contributed by atoms with Gasteiger partial charge in [-0.3, -0.25) is 4.79 Å². The lowest BCUT2D eigenvalue weighted by atomic mass is 9.83. The molecule has 0 radical (unpaired) electrons. The van der Waals surface area contributed by atoms with E-state index in [4.69, 9.17) is 4.74 Å². The highest BCUT2D eigenvalue weighted by molar-refractivity contribution is 6.23. The molecule has 0 fully saturated rings. The van der Waals surface area contributed by atoms with Crippen LogP contribution in [0.3, 0.4) is 0 Å². The third-order valence-electron chi connectivity index (χ3n) is 5.03. The van der Waals surface area contributed by atoms with Crippen LogP contribution in [0.15, 0.2) is 78.9 Å². The van der Waals surface area contributed by atoms with Crippen molar-refractivity contribution in [3.05, 3.63) is 95.8 Å². The zero-order chi connectivity index (χ0) is 22.2. The molecular formula is C25H23FN2O3. The number of para-hydroxylation sites is 2. The first kappa shape index (κ1) is 20.6. The Labute approximate surface area is 180 Å². The lowest BCUT2D eigenvalue weighted by Gasteiger charge is -2.32. The Bertz CT molecular complexity index is 1120. The van der Waals surface area contributed by atoms with E-state index in [1.165, 1.54) is 12.1 Å². The first-order valence-corrected chi connectivity index (χ1v) is 9.99. The third kappa shape index (κ3) is 3.65. The molecule has 1 aliphatic rings. The predicted octanol–water partition coefficient (Wildman–Crippen LogP) is 5.46. The number of carbonyl (C=O) groups is 2. The van der Waals surface area contributed by atoms with Crippen molar-refractivity contribution in [2.75, 3.05) is 10.2 Å². The number of nitrogens with one attached hydrogen (secondary N) is 1. The van der Waals surface area contributed by atoms with E-state index in [9.17, 15) is 14.0 Å². The number of halogens is 1. The van der Waals surface area contributed by atoms with E-state index in [1.807, 2.05) is 30.3 Å². The van der Waals surface area contributed by atoms with E-state index in [-0.39, 0.29) is 0 Å². The van der Waals surface area contributed by atoms with Crippen molar-refractivity contribution < 1.29 is 18.7 Å². The first-order valence-electron chi connectivity index (χ1n) is 9.99. The molecule has 2 amide bonds. The number of hydrogen-bond acceptors (Lipinski definition) is 4. The minimum absolute atomic E-state index is 0.415. The maximum Gasteiger partial charge on any atom is 0.421 e. The number of nitrogens with zero attached hydrogens (tertiary/aromatic N) is 1. The number of ether oxygens (including phenoxy) is 1. The second-order valence-electron chi connectivity index (χ2n) is 8.39. The Balaban J connectivity index is 1.93. The van der Waals surface area contributed by atoms with Crippen LogP contribution in [-0.4, -0.2) is 17.6 Å². The number of imide groups is 1. The molecule has 0 unspecified atom stereocenters. The molecule has 5 nitrogen and oxygen atoms in total. The normalized spacial score (nSPS) is 17.9. The lowest BCUT2D eigenvalue weighted by molar-refractivity contribution is -0.120. The molecule has 0 saturated heterocycles. The van der Waals surface area contributed by atoms with Crippen molar-refractivity contribution in [2.45, 2.75) is 31.9 Å². The molecule has 1 aliphatic heterocycles. The molecule has 1 N–H and O–H groups in total. The van der Waals surface area contributed by atoms with Crippen LogP contribution in [0.25, 0.3) is 0 Å². The molecule has 0 spiro atoms. The fourth-order valence-corrected chi connectivity index (χ4v) is 3.78. The summed E-state index contributed by atoms with van der Waals surface area (Å²) < 4.78 is 19.2. The van der Waals surface area contributed by atoms with Gasteiger partial charge in [0.25, 0.3) is 5.91 Å². The lowest BCUT2D eigenvalue weighted by Crippen LogP contribution is -2.49. The molecule has 4 rings (SSSR count). The summed E-state index contributed by atoms with van der Waals surface area (Å²) in [4.78, 5) is 28.1. The van der Waals surface area contributed by atoms with Crippen LogP contribution in [0.1, 0.15) is 31.9 Å². The summed E-state index contributed by atoms with van der Waals surface area (Å²) in [6, 6.07) is 22.0. The largest absolute Gasteiger partial charge is 0.443 e. The Kier molecular flexibility index (Phi) is 5.01. The van der Waals surface area contributed by atoms with Crippen LogP contribution in [0, 0.1) is 5.82 Å². The monoisotopic (exact) mass is 418 g/mol. The Hall–Kier alpha value is -3.67. The molecule has 31 heavy (non-hydrogen) atoms. The molecule has 1 heterocycles. The molecule has 1 atom stereocenters. The quantitative estimate of drug-likeness (QED) is 0.613. The maximum atomic E-state index is 14.0. The number of hydrogen-bond donors (Lipinski definition) is 1. The SMILES string of the molecule is CC(C)(C)OC(=O)N1C(=O)[C@@](Nc2ccccc2)(c2ccc(F)cc2)c2ccccc21. The van der Waals surface area contributed by atoms with Crippen LogP contribution >= 0.6 is 0 Å². The van der Waals surface area contributed by atoms with E-state index in [0.717, 1.165) is 4.90 Å². The van der Waals surface area contributed by atoms with Crippen LogP contribution in [0.5, 0.6) is 0 Å². The summed E-state index contributed by atoms with van der Waals surface area (Å²) in [7, 11) is 0. The van der Waals surface area contributed by atoms with Gasteiger partial charge in [-0.1, -0.05) is 48.5 Å². The summed E-state index contributed by atoms with van der Waals surface area (Å²) in [6.07, 6.45) is -0.760. The van der Waals surface area contributed by atoms with Gasteiger partial charge in [-0.05, 0) is 56.7 Å². The Morgan fingerprint density at radius 1 is 0.935 bits per heavy atom. The van der Waals surface area contributed by atoms with Crippen molar-refractivity contribution >= 4 is 23.4 Å². The number of fused-ring (bicyclic) bond motifs is 1. The number of rotatable bonds is 3. The van der Waals surface area contributed by atoms with E-state index in [1.54, 1.807) is 57.2 Å². The minimum atomic E-state index is -1.43. The number of amides is 2. The zero-order valence-electron chi connectivity index (χ0n) is 17.6. The molecule has 3 aromatic carbocycles. The highest BCUT2D eigenvalue weighted by atomic mass is 19.1. The molecule has 158 valence electrons. The molecular weight excluding hydrogens is 395 g/mol. The topological polar surface area (TPSA) is 58.6 Å². The molecule has 6 heteroatoms. The van der Waals surface area contributed by atoms with Gasteiger partial charge in [-0.2, -0.15) is 0 Å². The molecule has 0 bridgehead atoms. The fraction of sp³-hybridized carbons (Fsp3) is 0.200. The second-order valence-corrected chi connectivity index (χ2v) is 8.39. The van der Waals surface area contributed by atoms with Crippen LogP contribution in [0.2, 0.25) is 0 Å². The van der Waals surface area contributed by atoms with Gasteiger partial charge in [-0.25, -0.2) is 14.1 Å². The van der Waals surface area contributed by atoms with Gasteiger partial charge >= 0.3 is 6.09 Å². The van der Waals surface area contributed by atoms with Crippen molar-refractivity contribution in [1.29, 1.82) is 0 Å². The van der Waals surface area contributed by atoms with E-state index in [0.29, 0.717) is 22.5 Å². The molecule has 0 aromatic heterocycles. The van der Waals surface area contributed by atoms with E-state index in [2.05, 4.69) is 5.32 Å². The van der Waals surface area contributed by atoms with Gasteiger partial charge in [0.1, 0.15) is 11.4 Å². The summed E-state index contributed by atoms with van der Waals surface area (Å²) in [5, 5.41) is 3.32. The summed E-state index contributed by atoms with van der Waals surface area (Å²) in [6.45, 7) is 5.23. The van der Waals surface area contributed by atoms with Gasteiger partial charge in [0.15, 0.2) is 5.54 Å². The van der Waals surface area contributed by atoms with Crippen molar-refractivity contribution in [3.8, 4) is 0 Å². The summed E-state index contributed by atoms with van der Waals surface area (Å²) in [5.41, 5.74) is 0.00106. The number of anilines is 2.